The Kier molecular flexibility index (Phi) is 8.50. The van der Waals surface area contributed by atoms with Crippen molar-refractivity contribution in [3.05, 3.63) is 48.0 Å². The molecule has 0 aliphatic heterocycles. The van der Waals surface area contributed by atoms with E-state index in [1.54, 1.807) is 49.6 Å². The van der Waals surface area contributed by atoms with Crippen molar-refractivity contribution in [2.75, 3.05) is 26.1 Å². The van der Waals surface area contributed by atoms with Crippen LogP contribution in [-0.2, 0) is 9.59 Å². The van der Waals surface area contributed by atoms with Gasteiger partial charge in [-0.2, -0.15) is 5.10 Å². The number of hydrazone groups is 1. The molecule has 2 aromatic rings. The van der Waals surface area contributed by atoms with Gasteiger partial charge in [-0.3, -0.25) is 9.59 Å². The van der Waals surface area contributed by atoms with Crippen LogP contribution in [0.1, 0.15) is 25.3 Å². The van der Waals surface area contributed by atoms with Gasteiger partial charge in [0.05, 0.1) is 27.0 Å². The average molecular weight is 399 g/mol. The molecule has 2 amide bonds. The number of hydrogen-bond acceptors (Lipinski definition) is 6. The van der Waals surface area contributed by atoms with Crippen LogP contribution < -0.4 is 25.0 Å². The molecule has 0 heterocycles. The molecule has 2 aromatic carbocycles. The third-order valence-electron chi connectivity index (χ3n) is 3.90. The van der Waals surface area contributed by atoms with Gasteiger partial charge in [0.15, 0.2) is 0 Å². The number of rotatable bonds is 9. The summed E-state index contributed by atoms with van der Waals surface area (Å²) in [4.78, 5) is 23.9. The Hall–Kier alpha value is -3.55. The van der Waals surface area contributed by atoms with Gasteiger partial charge in [-0.25, -0.2) is 5.43 Å². The highest BCUT2D eigenvalue weighted by Crippen LogP contribution is 2.23. The molecule has 0 fully saturated rings. The average Bonchev–Trinajstić information content (AvgIpc) is 2.75. The number of unbranched alkanes of at least 4 members (excludes halogenated alkanes) is 1. The van der Waals surface area contributed by atoms with Gasteiger partial charge in [-0.05, 0) is 42.8 Å². The lowest BCUT2D eigenvalue weighted by Gasteiger charge is -2.08. The molecule has 29 heavy (non-hydrogen) atoms. The summed E-state index contributed by atoms with van der Waals surface area (Å²) in [5.74, 6) is 0.136. The number of hydrogen-bond donors (Lipinski definition) is 2. The van der Waals surface area contributed by atoms with Gasteiger partial charge in [0.2, 0.25) is 0 Å². The fourth-order valence-electron chi connectivity index (χ4n) is 2.29. The molecule has 0 spiro atoms. The van der Waals surface area contributed by atoms with Gasteiger partial charge < -0.3 is 19.5 Å². The van der Waals surface area contributed by atoms with E-state index in [4.69, 9.17) is 14.2 Å². The zero-order chi connectivity index (χ0) is 21.1. The van der Waals surface area contributed by atoms with Crippen molar-refractivity contribution in [3.8, 4) is 17.2 Å². The Labute approximate surface area is 169 Å². The van der Waals surface area contributed by atoms with Crippen molar-refractivity contribution in [2.45, 2.75) is 19.8 Å². The summed E-state index contributed by atoms with van der Waals surface area (Å²) in [6, 6.07) is 11.9. The largest absolute Gasteiger partial charge is 0.497 e. The summed E-state index contributed by atoms with van der Waals surface area (Å²) < 4.78 is 15.9. The zero-order valence-corrected chi connectivity index (χ0v) is 16.7. The van der Waals surface area contributed by atoms with Gasteiger partial charge >= 0.3 is 11.8 Å². The lowest BCUT2D eigenvalue weighted by atomic mass is 10.2. The molecular formula is C21H25N3O5. The highest BCUT2D eigenvalue weighted by atomic mass is 16.5. The fourth-order valence-corrected chi connectivity index (χ4v) is 2.29. The fraction of sp³-hybridized carbons (Fsp3) is 0.286. The summed E-state index contributed by atoms with van der Waals surface area (Å²) in [6.45, 7) is 2.73. The predicted octanol–water partition coefficient (Wildman–Crippen LogP) is 2.97. The zero-order valence-electron chi connectivity index (χ0n) is 16.7. The maximum Gasteiger partial charge on any atom is 0.329 e. The second kappa shape index (κ2) is 11.3. The second-order valence-corrected chi connectivity index (χ2v) is 5.99. The van der Waals surface area contributed by atoms with Crippen LogP contribution >= 0.6 is 0 Å². The number of benzene rings is 2. The van der Waals surface area contributed by atoms with Gasteiger partial charge in [-0.1, -0.05) is 13.3 Å². The lowest BCUT2D eigenvalue weighted by Crippen LogP contribution is -2.32. The molecular weight excluding hydrogens is 374 g/mol. The van der Waals surface area contributed by atoms with Crippen molar-refractivity contribution < 1.29 is 23.8 Å². The standard InChI is InChI=1S/C21H25N3O5/c1-4-5-12-29-17-10-7-16(8-11-17)23-20(25)21(26)24-22-14-15-6-9-18(27-2)13-19(15)28-3/h6-11,13-14H,4-5,12H2,1-3H3,(H,23,25)(H,24,26)/b22-14-. The third kappa shape index (κ3) is 6.84. The molecule has 0 atom stereocenters. The first-order valence-corrected chi connectivity index (χ1v) is 9.16. The third-order valence-corrected chi connectivity index (χ3v) is 3.90. The second-order valence-electron chi connectivity index (χ2n) is 5.99. The van der Waals surface area contributed by atoms with E-state index in [9.17, 15) is 9.59 Å². The SMILES string of the molecule is CCCCOc1ccc(NC(=O)C(=O)N/N=C\c2ccc(OC)cc2OC)cc1. The first kappa shape index (κ1) is 21.7. The van der Waals surface area contributed by atoms with Crippen molar-refractivity contribution in [1.82, 2.24) is 5.43 Å². The van der Waals surface area contributed by atoms with E-state index >= 15 is 0 Å². The summed E-state index contributed by atoms with van der Waals surface area (Å²) in [5, 5.41) is 6.30. The van der Waals surface area contributed by atoms with Crippen LogP contribution in [0.25, 0.3) is 0 Å². The molecule has 0 aliphatic carbocycles. The Morgan fingerprint density at radius 2 is 1.72 bits per heavy atom. The minimum absolute atomic E-state index is 0.480. The number of methoxy groups -OCH3 is 2. The maximum atomic E-state index is 12.0. The van der Waals surface area contributed by atoms with Crippen LogP contribution in [0.3, 0.4) is 0 Å². The Morgan fingerprint density at radius 1 is 1.00 bits per heavy atom. The quantitative estimate of drug-likeness (QED) is 0.292. The van der Waals surface area contributed by atoms with Crippen LogP contribution in [0.5, 0.6) is 17.2 Å². The molecule has 0 bridgehead atoms. The van der Waals surface area contributed by atoms with Gasteiger partial charge in [0.1, 0.15) is 17.2 Å². The van der Waals surface area contributed by atoms with Crippen LogP contribution in [0.4, 0.5) is 5.69 Å². The van der Waals surface area contributed by atoms with Crippen molar-refractivity contribution in [1.29, 1.82) is 0 Å². The van der Waals surface area contributed by atoms with E-state index in [2.05, 4.69) is 22.8 Å². The molecule has 0 aliphatic rings. The summed E-state index contributed by atoms with van der Waals surface area (Å²) in [6.07, 6.45) is 3.41. The summed E-state index contributed by atoms with van der Waals surface area (Å²) >= 11 is 0. The van der Waals surface area contributed by atoms with Crippen molar-refractivity contribution in [3.63, 3.8) is 0 Å². The first-order valence-electron chi connectivity index (χ1n) is 9.16. The molecule has 0 aromatic heterocycles. The summed E-state index contributed by atoms with van der Waals surface area (Å²) in [7, 11) is 3.06. The maximum absolute atomic E-state index is 12.0. The van der Waals surface area contributed by atoms with Gasteiger partial charge in [0, 0.05) is 17.3 Å². The predicted molar refractivity (Wildman–Crippen MR) is 111 cm³/mol. The number of carbonyl (C=O) groups is 2. The lowest BCUT2D eigenvalue weighted by molar-refractivity contribution is -0.136. The number of ether oxygens (including phenoxy) is 3. The van der Waals surface area contributed by atoms with E-state index in [0.717, 1.165) is 12.8 Å². The molecule has 154 valence electrons. The number of amides is 2. The molecule has 0 saturated carbocycles. The minimum Gasteiger partial charge on any atom is -0.497 e. The number of anilines is 1. The topological polar surface area (TPSA) is 98.2 Å². The van der Waals surface area contributed by atoms with Crippen molar-refractivity contribution in [2.24, 2.45) is 5.10 Å². The van der Waals surface area contributed by atoms with Crippen LogP contribution in [0.15, 0.2) is 47.6 Å². The molecule has 0 saturated heterocycles. The summed E-state index contributed by atoms with van der Waals surface area (Å²) in [5.41, 5.74) is 3.28. The Balaban J connectivity index is 1.87. The molecule has 2 N–H and O–H groups in total. The number of nitrogens with zero attached hydrogens (tertiary/aromatic N) is 1. The van der Waals surface area contributed by atoms with Crippen LogP contribution in [0, 0.1) is 0 Å². The van der Waals surface area contributed by atoms with E-state index in [1.165, 1.54) is 13.3 Å². The van der Waals surface area contributed by atoms with Crippen molar-refractivity contribution >= 4 is 23.7 Å². The molecule has 2 rings (SSSR count). The molecule has 0 radical (unpaired) electrons. The molecule has 8 nitrogen and oxygen atoms in total. The van der Waals surface area contributed by atoms with E-state index < -0.39 is 11.8 Å². The normalized spacial score (nSPS) is 10.4. The smallest absolute Gasteiger partial charge is 0.329 e. The van der Waals surface area contributed by atoms with Gasteiger partial charge in [-0.15, -0.1) is 0 Å². The molecule has 0 unspecified atom stereocenters. The van der Waals surface area contributed by atoms with E-state index in [1.807, 2.05) is 0 Å². The van der Waals surface area contributed by atoms with E-state index in [-0.39, 0.29) is 0 Å². The minimum atomic E-state index is -0.892. The monoisotopic (exact) mass is 399 g/mol. The van der Waals surface area contributed by atoms with E-state index in [0.29, 0.717) is 35.1 Å². The number of carbonyl (C=O) groups excluding carboxylic acids is 2. The highest BCUT2D eigenvalue weighted by molar-refractivity contribution is 6.39. The van der Waals surface area contributed by atoms with Crippen LogP contribution in [0.2, 0.25) is 0 Å². The van der Waals surface area contributed by atoms with Gasteiger partial charge in [0.25, 0.3) is 0 Å². The molecule has 8 heteroatoms. The number of nitrogens with one attached hydrogen (secondary N) is 2. The highest BCUT2D eigenvalue weighted by Gasteiger charge is 2.13. The first-order chi connectivity index (χ1) is 14.1. The Morgan fingerprint density at radius 3 is 2.38 bits per heavy atom. The Bertz CT molecular complexity index is 850. The van der Waals surface area contributed by atoms with Crippen LogP contribution in [-0.4, -0.2) is 38.9 Å².